The van der Waals surface area contributed by atoms with Crippen LogP contribution in [0.25, 0.3) is 0 Å². The third-order valence-corrected chi connectivity index (χ3v) is 6.83. The lowest BCUT2D eigenvalue weighted by atomic mass is 10.2. The Bertz CT molecular complexity index is 966. The lowest BCUT2D eigenvalue weighted by Gasteiger charge is -2.06. The lowest BCUT2D eigenvalue weighted by Crippen LogP contribution is -2.15. The third kappa shape index (κ3) is 5.91. The smallest absolute Gasteiger partial charge is 0.277 e. The van der Waals surface area contributed by atoms with E-state index in [9.17, 15) is 4.79 Å². The number of aromatic nitrogens is 4. The fourth-order valence-electron chi connectivity index (χ4n) is 2.19. The molecular formula is C18H18ClN5OS3. The van der Waals surface area contributed by atoms with Gasteiger partial charge in [-0.05, 0) is 18.9 Å². The van der Waals surface area contributed by atoms with Crippen molar-refractivity contribution in [2.45, 2.75) is 35.5 Å². The second kappa shape index (κ2) is 10.2. The molecule has 10 heteroatoms. The number of amides is 1. The summed E-state index contributed by atoms with van der Waals surface area (Å²) in [6.45, 7) is 4.15. The topological polar surface area (TPSA) is 80.7 Å². The van der Waals surface area contributed by atoms with E-state index in [4.69, 9.17) is 11.6 Å². The Balaban J connectivity index is 1.66. The van der Waals surface area contributed by atoms with Gasteiger partial charge < -0.3 is 0 Å². The molecule has 28 heavy (non-hydrogen) atoms. The molecule has 1 amide bonds. The number of aryl methyl sites for hydroxylation is 1. The molecule has 1 N–H and O–H groups in total. The summed E-state index contributed by atoms with van der Waals surface area (Å²) in [6.07, 6.45) is 2.50. The number of benzene rings is 1. The Kier molecular flexibility index (Phi) is 7.66. The molecule has 3 aromatic rings. The number of hydrogen-bond donors (Lipinski definition) is 1. The maximum atomic E-state index is 12.6. The van der Waals surface area contributed by atoms with Crippen molar-refractivity contribution >= 4 is 57.5 Å². The van der Waals surface area contributed by atoms with Crippen LogP contribution in [0, 0.1) is 6.92 Å². The largest absolute Gasteiger partial charge is 0.295 e. The molecule has 2 heterocycles. The van der Waals surface area contributed by atoms with E-state index in [1.165, 1.54) is 40.4 Å². The highest BCUT2D eigenvalue weighted by Crippen LogP contribution is 2.27. The molecule has 0 saturated heterocycles. The predicted molar refractivity (Wildman–Crippen MR) is 117 cm³/mol. The standard InChI is InChI=1S/C18H18ClN5OS3/c1-3-7-26-18-24-23-17(28-18)22-15(25)14-13(19)9-20-16(21-14)27-10-12-6-4-5-11(2)8-12/h4-6,8-9H,3,7,10H2,1-2H3,(H,22,23,25). The summed E-state index contributed by atoms with van der Waals surface area (Å²) in [5.41, 5.74) is 2.49. The van der Waals surface area contributed by atoms with Gasteiger partial charge >= 0.3 is 0 Å². The molecule has 6 nitrogen and oxygen atoms in total. The molecule has 0 saturated carbocycles. The van der Waals surface area contributed by atoms with Gasteiger partial charge in [-0.2, -0.15) is 0 Å². The normalized spacial score (nSPS) is 10.8. The van der Waals surface area contributed by atoms with Gasteiger partial charge in [0.1, 0.15) is 0 Å². The van der Waals surface area contributed by atoms with Crippen molar-refractivity contribution < 1.29 is 4.79 Å². The van der Waals surface area contributed by atoms with E-state index in [0.29, 0.717) is 16.0 Å². The molecule has 2 aromatic heterocycles. The van der Waals surface area contributed by atoms with E-state index in [0.717, 1.165) is 16.5 Å². The maximum Gasteiger partial charge on any atom is 0.277 e. The van der Waals surface area contributed by atoms with Gasteiger partial charge in [0.15, 0.2) is 15.2 Å². The Hall–Kier alpha value is -1.68. The van der Waals surface area contributed by atoms with Gasteiger partial charge in [0.05, 0.1) is 11.2 Å². The lowest BCUT2D eigenvalue weighted by molar-refractivity contribution is 0.102. The summed E-state index contributed by atoms with van der Waals surface area (Å²) in [4.78, 5) is 21.1. The Morgan fingerprint density at radius 1 is 1.29 bits per heavy atom. The minimum absolute atomic E-state index is 0.126. The van der Waals surface area contributed by atoms with Crippen LogP contribution in [0.4, 0.5) is 5.13 Å². The van der Waals surface area contributed by atoms with Crippen LogP contribution in [-0.4, -0.2) is 31.8 Å². The molecule has 0 aliphatic heterocycles. The van der Waals surface area contributed by atoms with Gasteiger partial charge in [0.2, 0.25) is 5.13 Å². The van der Waals surface area contributed by atoms with Crippen LogP contribution in [0.3, 0.4) is 0 Å². The summed E-state index contributed by atoms with van der Waals surface area (Å²) in [5.74, 6) is 1.24. The molecule has 146 valence electrons. The van der Waals surface area contributed by atoms with Crippen molar-refractivity contribution in [2.75, 3.05) is 11.1 Å². The first-order valence-corrected chi connectivity index (χ1v) is 11.7. The number of rotatable bonds is 8. The zero-order valence-corrected chi connectivity index (χ0v) is 18.5. The van der Waals surface area contributed by atoms with Crippen LogP contribution < -0.4 is 5.32 Å². The van der Waals surface area contributed by atoms with Crippen LogP contribution in [0.1, 0.15) is 35.0 Å². The summed E-state index contributed by atoms with van der Waals surface area (Å²) in [5, 5.41) is 11.9. The third-order valence-electron chi connectivity index (χ3n) is 3.44. The highest BCUT2D eigenvalue weighted by atomic mass is 35.5. The van der Waals surface area contributed by atoms with Crippen molar-refractivity contribution in [3.63, 3.8) is 0 Å². The van der Waals surface area contributed by atoms with E-state index >= 15 is 0 Å². The zero-order chi connectivity index (χ0) is 19.9. The minimum atomic E-state index is -0.423. The molecule has 0 bridgehead atoms. The number of halogens is 1. The van der Waals surface area contributed by atoms with Crippen molar-refractivity contribution in [3.05, 3.63) is 52.3 Å². The number of carbonyl (C=O) groups excluding carboxylic acids is 1. The first-order valence-electron chi connectivity index (χ1n) is 8.53. The van der Waals surface area contributed by atoms with Gasteiger partial charge in [-0.3, -0.25) is 10.1 Å². The molecule has 0 fully saturated rings. The van der Waals surface area contributed by atoms with Crippen molar-refractivity contribution in [1.29, 1.82) is 0 Å². The van der Waals surface area contributed by atoms with Gasteiger partial charge in [0, 0.05) is 11.5 Å². The van der Waals surface area contributed by atoms with E-state index in [1.807, 2.05) is 12.1 Å². The van der Waals surface area contributed by atoms with E-state index in [-0.39, 0.29) is 10.7 Å². The van der Waals surface area contributed by atoms with Crippen LogP contribution in [0.15, 0.2) is 40.0 Å². The minimum Gasteiger partial charge on any atom is -0.295 e. The molecule has 0 atom stereocenters. The second-order valence-corrected chi connectivity index (χ2v) is 9.47. The highest BCUT2D eigenvalue weighted by Gasteiger charge is 2.17. The number of nitrogens with zero attached hydrogens (tertiary/aromatic N) is 4. The van der Waals surface area contributed by atoms with E-state index < -0.39 is 5.91 Å². The summed E-state index contributed by atoms with van der Waals surface area (Å²) in [7, 11) is 0. The van der Waals surface area contributed by atoms with Crippen LogP contribution in [0.2, 0.25) is 5.02 Å². The molecule has 0 aliphatic rings. The molecule has 1 aromatic carbocycles. The van der Waals surface area contributed by atoms with Gasteiger partial charge in [0.25, 0.3) is 5.91 Å². The first-order chi connectivity index (χ1) is 13.5. The Morgan fingerprint density at radius 3 is 2.93 bits per heavy atom. The SMILES string of the molecule is CCCSc1nnc(NC(=O)c2nc(SCc3cccc(C)c3)ncc2Cl)s1. The van der Waals surface area contributed by atoms with Crippen molar-refractivity contribution in [1.82, 2.24) is 20.2 Å². The van der Waals surface area contributed by atoms with Crippen LogP contribution in [-0.2, 0) is 5.75 Å². The number of carbonyl (C=O) groups is 1. The zero-order valence-electron chi connectivity index (χ0n) is 15.3. The fourth-order valence-corrected chi connectivity index (χ4v) is 4.80. The molecule has 3 rings (SSSR count). The van der Waals surface area contributed by atoms with E-state index in [1.54, 1.807) is 11.8 Å². The number of anilines is 1. The molecular weight excluding hydrogens is 434 g/mol. The quantitative estimate of drug-likeness (QED) is 0.281. The Labute approximate surface area is 180 Å². The summed E-state index contributed by atoms with van der Waals surface area (Å²) >= 11 is 10.5. The average Bonchev–Trinajstić information content (AvgIpc) is 3.13. The van der Waals surface area contributed by atoms with Crippen molar-refractivity contribution in [3.8, 4) is 0 Å². The van der Waals surface area contributed by atoms with Crippen LogP contribution >= 0.6 is 46.5 Å². The maximum absolute atomic E-state index is 12.6. The Morgan fingerprint density at radius 2 is 2.14 bits per heavy atom. The monoisotopic (exact) mass is 451 g/mol. The number of nitrogens with one attached hydrogen (secondary N) is 1. The number of thioether (sulfide) groups is 2. The molecule has 0 unspecified atom stereocenters. The second-order valence-electron chi connectivity index (χ2n) is 5.80. The van der Waals surface area contributed by atoms with E-state index in [2.05, 4.69) is 51.5 Å². The van der Waals surface area contributed by atoms with Gasteiger partial charge in [-0.15, -0.1) is 10.2 Å². The summed E-state index contributed by atoms with van der Waals surface area (Å²) < 4.78 is 0.820. The predicted octanol–water partition coefficient (Wildman–Crippen LogP) is 5.34. The number of hydrogen-bond acceptors (Lipinski definition) is 8. The molecule has 0 spiro atoms. The van der Waals surface area contributed by atoms with Gasteiger partial charge in [-0.1, -0.05) is 83.2 Å². The summed E-state index contributed by atoms with van der Waals surface area (Å²) in [6, 6.07) is 8.23. The highest BCUT2D eigenvalue weighted by molar-refractivity contribution is 8.01. The average molecular weight is 452 g/mol. The fraction of sp³-hybridized carbons (Fsp3) is 0.278. The molecule has 0 aliphatic carbocycles. The van der Waals surface area contributed by atoms with Gasteiger partial charge in [-0.25, -0.2) is 9.97 Å². The molecule has 0 radical (unpaired) electrons. The van der Waals surface area contributed by atoms with Crippen molar-refractivity contribution in [2.24, 2.45) is 0 Å². The first kappa shape index (κ1) is 21.0. The van der Waals surface area contributed by atoms with Crippen LogP contribution in [0.5, 0.6) is 0 Å².